The molecule has 0 fully saturated rings. The molecule has 5 nitrogen and oxygen atoms in total. The number of halogens is 1. The third kappa shape index (κ3) is 2.83. The molecule has 4 aromatic rings. The van der Waals surface area contributed by atoms with Crippen LogP contribution in [0.4, 0.5) is 5.13 Å². The molecule has 118 valence electrons. The van der Waals surface area contributed by atoms with Crippen molar-refractivity contribution in [3.63, 3.8) is 0 Å². The molecule has 0 atom stereocenters. The van der Waals surface area contributed by atoms with Crippen molar-refractivity contribution in [2.45, 2.75) is 0 Å². The van der Waals surface area contributed by atoms with Crippen LogP contribution in [-0.2, 0) is 0 Å². The van der Waals surface area contributed by atoms with Crippen molar-refractivity contribution in [1.29, 1.82) is 0 Å². The van der Waals surface area contributed by atoms with Gasteiger partial charge in [0.25, 0.3) is 5.91 Å². The normalized spacial score (nSPS) is 10.9. The number of hydrogen-bond donors (Lipinski definition) is 1. The number of thiazole rings is 1. The van der Waals surface area contributed by atoms with Crippen LogP contribution in [0, 0.1) is 0 Å². The van der Waals surface area contributed by atoms with Crippen LogP contribution in [0.5, 0.6) is 0 Å². The fourth-order valence-corrected chi connectivity index (χ4v) is 3.72. The molecule has 2 aromatic carbocycles. The van der Waals surface area contributed by atoms with E-state index in [2.05, 4.69) is 31.4 Å². The average Bonchev–Trinajstić information content (AvgIpc) is 3.23. The topological polar surface area (TPSA) is 68.0 Å². The Bertz CT molecular complexity index is 1030. The van der Waals surface area contributed by atoms with E-state index in [0.29, 0.717) is 10.9 Å². The van der Waals surface area contributed by atoms with Gasteiger partial charge in [0.1, 0.15) is 0 Å². The first kappa shape index (κ1) is 15.0. The Kier molecular flexibility index (Phi) is 3.87. The molecule has 24 heavy (non-hydrogen) atoms. The zero-order valence-corrected chi connectivity index (χ0v) is 14.6. The van der Waals surface area contributed by atoms with Crippen LogP contribution < -0.4 is 5.32 Å². The first-order valence-corrected chi connectivity index (χ1v) is 8.70. The van der Waals surface area contributed by atoms with Crippen LogP contribution in [-0.4, -0.2) is 16.0 Å². The molecule has 1 amide bonds. The molecule has 7 heteroatoms. The van der Waals surface area contributed by atoms with Gasteiger partial charge in [-0.15, -0.1) is 0 Å². The molecule has 0 aliphatic heterocycles. The average molecular weight is 400 g/mol. The number of amides is 1. The summed E-state index contributed by atoms with van der Waals surface area (Å²) in [6.45, 7) is 0. The predicted octanol–water partition coefficient (Wildman–Crippen LogP) is 4.97. The molecule has 0 unspecified atom stereocenters. The summed E-state index contributed by atoms with van der Waals surface area (Å²) in [5.74, 6) is 0.198. The van der Waals surface area contributed by atoms with Gasteiger partial charge in [-0.1, -0.05) is 52.9 Å². The van der Waals surface area contributed by atoms with Crippen LogP contribution in [0.25, 0.3) is 21.5 Å². The monoisotopic (exact) mass is 399 g/mol. The van der Waals surface area contributed by atoms with Gasteiger partial charge in [0.05, 0.1) is 10.2 Å². The van der Waals surface area contributed by atoms with Crippen molar-refractivity contribution >= 4 is 48.5 Å². The summed E-state index contributed by atoms with van der Waals surface area (Å²) in [6, 6.07) is 16.9. The van der Waals surface area contributed by atoms with Crippen molar-refractivity contribution in [1.82, 2.24) is 10.1 Å². The Morgan fingerprint density at radius 1 is 1.12 bits per heavy atom. The number of aromatic nitrogens is 2. The van der Waals surface area contributed by atoms with E-state index in [1.807, 2.05) is 48.5 Å². The zero-order chi connectivity index (χ0) is 16.5. The van der Waals surface area contributed by atoms with Crippen LogP contribution >= 0.6 is 27.3 Å². The molecule has 1 N–H and O–H groups in total. The van der Waals surface area contributed by atoms with Gasteiger partial charge in [-0.2, -0.15) is 0 Å². The van der Waals surface area contributed by atoms with Gasteiger partial charge < -0.3 is 4.52 Å². The van der Waals surface area contributed by atoms with Gasteiger partial charge in [-0.05, 0) is 28.1 Å². The quantitative estimate of drug-likeness (QED) is 0.528. The van der Waals surface area contributed by atoms with E-state index in [4.69, 9.17) is 4.52 Å². The molecule has 0 bridgehead atoms. The smallest absolute Gasteiger partial charge is 0.279 e. The van der Waals surface area contributed by atoms with E-state index in [9.17, 15) is 4.79 Å². The number of carbonyl (C=O) groups excluding carboxylic acids is 1. The Morgan fingerprint density at radius 2 is 1.96 bits per heavy atom. The molecular formula is C17H10BrN3O2S. The zero-order valence-electron chi connectivity index (χ0n) is 12.2. The highest BCUT2D eigenvalue weighted by molar-refractivity contribution is 9.10. The maximum Gasteiger partial charge on any atom is 0.279 e. The second-order valence-corrected chi connectivity index (χ2v) is 6.89. The lowest BCUT2D eigenvalue weighted by molar-refractivity contribution is 0.101. The molecule has 0 aliphatic carbocycles. The van der Waals surface area contributed by atoms with E-state index in [1.54, 1.807) is 6.07 Å². The molecule has 4 rings (SSSR count). The van der Waals surface area contributed by atoms with Gasteiger partial charge in [0, 0.05) is 16.1 Å². The largest absolute Gasteiger partial charge is 0.355 e. The lowest BCUT2D eigenvalue weighted by Gasteiger charge is -1.95. The summed E-state index contributed by atoms with van der Waals surface area (Å²) >= 11 is 4.86. The summed E-state index contributed by atoms with van der Waals surface area (Å²) in [6.07, 6.45) is 0. The number of nitrogens with zero attached hydrogens (tertiary/aromatic N) is 2. The number of carbonyl (C=O) groups is 1. The first-order chi connectivity index (χ1) is 11.7. The highest BCUT2D eigenvalue weighted by Crippen LogP contribution is 2.31. The Morgan fingerprint density at radius 3 is 2.75 bits per heavy atom. The van der Waals surface area contributed by atoms with E-state index >= 15 is 0 Å². The van der Waals surface area contributed by atoms with E-state index in [0.717, 1.165) is 20.3 Å². The van der Waals surface area contributed by atoms with Crippen molar-refractivity contribution in [2.75, 3.05) is 5.32 Å². The minimum atomic E-state index is -0.351. The van der Waals surface area contributed by atoms with E-state index in [-0.39, 0.29) is 11.6 Å². The lowest BCUT2D eigenvalue weighted by atomic mass is 10.1. The van der Waals surface area contributed by atoms with Gasteiger partial charge in [0.2, 0.25) is 0 Å². The second-order valence-electron chi connectivity index (χ2n) is 5.00. The summed E-state index contributed by atoms with van der Waals surface area (Å²) in [5.41, 5.74) is 1.91. The molecule has 0 saturated carbocycles. The molecule has 0 radical (unpaired) electrons. The SMILES string of the molecule is O=C(Nc1nc2c(Br)cccc2s1)c1cc(-c2ccccc2)on1. The highest BCUT2D eigenvalue weighted by atomic mass is 79.9. The molecule has 2 aromatic heterocycles. The third-order valence-electron chi connectivity index (χ3n) is 3.39. The van der Waals surface area contributed by atoms with Gasteiger partial charge in [-0.25, -0.2) is 4.98 Å². The summed E-state index contributed by atoms with van der Waals surface area (Å²) in [5, 5.41) is 7.13. The minimum absolute atomic E-state index is 0.215. The highest BCUT2D eigenvalue weighted by Gasteiger charge is 2.16. The molecule has 0 spiro atoms. The minimum Gasteiger partial charge on any atom is -0.355 e. The van der Waals surface area contributed by atoms with Gasteiger partial charge in [0.15, 0.2) is 16.6 Å². The van der Waals surface area contributed by atoms with Crippen molar-refractivity contribution in [3.05, 3.63) is 64.8 Å². The Hall–Kier alpha value is -2.51. The number of hydrogen-bond acceptors (Lipinski definition) is 5. The van der Waals surface area contributed by atoms with Crippen molar-refractivity contribution < 1.29 is 9.32 Å². The third-order valence-corrected chi connectivity index (χ3v) is 4.97. The number of rotatable bonds is 3. The maximum absolute atomic E-state index is 12.3. The second kappa shape index (κ2) is 6.18. The van der Waals surface area contributed by atoms with Crippen LogP contribution in [0.2, 0.25) is 0 Å². The first-order valence-electron chi connectivity index (χ1n) is 7.09. The van der Waals surface area contributed by atoms with E-state index < -0.39 is 0 Å². The number of fused-ring (bicyclic) bond motifs is 1. The fraction of sp³-hybridized carbons (Fsp3) is 0. The molecule has 0 saturated heterocycles. The number of nitrogens with one attached hydrogen (secondary N) is 1. The van der Waals surface area contributed by atoms with Crippen molar-refractivity contribution in [2.24, 2.45) is 0 Å². The molecule has 0 aliphatic rings. The van der Waals surface area contributed by atoms with Crippen LogP contribution in [0.3, 0.4) is 0 Å². The summed E-state index contributed by atoms with van der Waals surface area (Å²) < 4.78 is 7.14. The Labute approximate surface area is 149 Å². The lowest BCUT2D eigenvalue weighted by Crippen LogP contribution is -2.11. The summed E-state index contributed by atoms with van der Waals surface area (Å²) in [7, 11) is 0. The fourth-order valence-electron chi connectivity index (χ4n) is 2.25. The van der Waals surface area contributed by atoms with Crippen LogP contribution in [0.1, 0.15) is 10.5 Å². The predicted molar refractivity (Wildman–Crippen MR) is 97.2 cm³/mol. The number of anilines is 1. The summed E-state index contributed by atoms with van der Waals surface area (Å²) in [4.78, 5) is 16.8. The van der Waals surface area contributed by atoms with Crippen molar-refractivity contribution in [3.8, 4) is 11.3 Å². The standard InChI is InChI=1S/C17H10BrN3O2S/c18-11-7-4-8-14-15(11)19-17(24-14)20-16(22)12-9-13(23-21-12)10-5-2-1-3-6-10/h1-9H,(H,19,20,22). The number of para-hydroxylation sites is 1. The number of benzene rings is 2. The molecule has 2 heterocycles. The Balaban J connectivity index is 1.58. The van der Waals surface area contributed by atoms with E-state index in [1.165, 1.54) is 11.3 Å². The van der Waals surface area contributed by atoms with Crippen LogP contribution in [0.15, 0.2) is 63.6 Å². The maximum atomic E-state index is 12.3. The molecular weight excluding hydrogens is 390 g/mol. The van der Waals surface area contributed by atoms with Gasteiger partial charge >= 0.3 is 0 Å². The van der Waals surface area contributed by atoms with Gasteiger partial charge in [-0.3, -0.25) is 10.1 Å².